The Morgan fingerprint density at radius 3 is 2.84 bits per heavy atom. The van der Waals surface area contributed by atoms with Gasteiger partial charge in [-0.05, 0) is 31.8 Å². The van der Waals surface area contributed by atoms with E-state index < -0.39 is 0 Å². The van der Waals surface area contributed by atoms with Gasteiger partial charge in [0.05, 0.1) is 6.54 Å². The summed E-state index contributed by atoms with van der Waals surface area (Å²) in [4.78, 5) is 17.9. The Bertz CT molecular complexity index is 407. The number of aromatic nitrogens is 2. The molecule has 1 fully saturated rings. The monoisotopic (exact) mass is 264 g/mol. The van der Waals surface area contributed by atoms with Crippen LogP contribution in [-0.2, 0) is 17.8 Å². The van der Waals surface area contributed by atoms with E-state index >= 15 is 0 Å². The predicted molar refractivity (Wildman–Crippen MR) is 74.8 cm³/mol. The summed E-state index contributed by atoms with van der Waals surface area (Å²) in [5, 5.41) is 2.68. The molecule has 1 aromatic heterocycles. The van der Waals surface area contributed by atoms with Gasteiger partial charge in [-0.1, -0.05) is 6.92 Å². The van der Waals surface area contributed by atoms with Crippen molar-refractivity contribution in [2.75, 3.05) is 26.7 Å². The molecule has 1 saturated heterocycles. The van der Waals surface area contributed by atoms with Crippen LogP contribution < -0.4 is 5.32 Å². The maximum Gasteiger partial charge on any atom is 0.233 e. The van der Waals surface area contributed by atoms with Gasteiger partial charge in [-0.2, -0.15) is 0 Å². The van der Waals surface area contributed by atoms with Crippen molar-refractivity contribution >= 4 is 5.91 Å². The highest BCUT2D eigenvalue weighted by atomic mass is 16.1. The Balaban J connectivity index is 1.79. The highest BCUT2D eigenvalue weighted by molar-refractivity contribution is 5.77. The van der Waals surface area contributed by atoms with E-state index in [4.69, 9.17) is 0 Å². The maximum atomic E-state index is 11.3. The zero-order valence-electron chi connectivity index (χ0n) is 11.9. The van der Waals surface area contributed by atoms with Gasteiger partial charge < -0.3 is 9.88 Å². The van der Waals surface area contributed by atoms with Crippen molar-refractivity contribution in [1.29, 1.82) is 0 Å². The fourth-order valence-electron chi connectivity index (χ4n) is 2.71. The van der Waals surface area contributed by atoms with Crippen LogP contribution in [0.5, 0.6) is 0 Å². The fourth-order valence-corrected chi connectivity index (χ4v) is 2.71. The van der Waals surface area contributed by atoms with E-state index in [0.717, 1.165) is 26.1 Å². The van der Waals surface area contributed by atoms with Gasteiger partial charge in [-0.3, -0.25) is 9.69 Å². The lowest BCUT2D eigenvalue weighted by molar-refractivity contribution is -0.122. The molecule has 2 rings (SSSR count). The Morgan fingerprint density at radius 2 is 2.21 bits per heavy atom. The maximum absolute atomic E-state index is 11.3. The zero-order valence-corrected chi connectivity index (χ0v) is 11.9. The van der Waals surface area contributed by atoms with Crippen molar-refractivity contribution in [3.63, 3.8) is 0 Å². The predicted octanol–water partition coefficient (Wildman–Crippen LogP) is 0.903. The molecule has 2 heterocycles. The summed E-state index contributed by atoms with van der Waals surface area (Å²) in [6.45, 7) is 5.79. The first kappa shape index (κ1) is 14.1. The average molecular weight is 264 g/mol. The van der Waals surface area contributed by atoms with E-state index in [-0.39, 0.29) is 5.91 Å². The lowest BCUT2D eigenvalue weighted by atomic mass is 9.96. The topological polar surface area (TPSA) is 50.2 Å². The lowest BCUT2D eigenvalue weighted by Gasteiger charge is -2.31. The summed E-state index contributed by atoms with van der Waals surface area (Å²) in [5.41, 5.74) is 0. The summed E-state index contributed by atoms with van der Waals surface area (Å²) in [6, 6.07) is 0. The third-order valence-electron chi connectivity index (χ3n) is 3.93. The van der Waals surface area contributed by atoms with E-state index in [1.54, 1.807) is 7.05 Å². The molecule has 0 saturated carbocycles. The summed E-state index contributed by atoms with van der Waals surface area (Å²) in [7, 11) is 1.69. The van der Waals surface area contributed by atoms with Gasteiger partial charge in [-0.15, -0.1) is 0 Å². The van der Waals surface area contributed by atoms with Gasteiger partial charge in [0.25, 0.3) is 0 Å². The molecule has 1 aliphatic heterocycles. The summed E-state index contributed by atoms with van der Waals surface area (Å²) in [6.07, 6.45) is 7.29. The minimum Gasteiger partial charge on any atom is -0.358 e. The first-order valence-corrected chi connectivity index (χ1v) is 7.15. The highest BCUT2D eigenvalue weighted by Crippen LogP contribution is 2.19. The molecule has 1 aromatic rings. The number of hydrogen-bond acceptors (Lipinski definition) is 3. The van der Waals surface area contributed by atoms with E-state index in [1.165, 1.54) is 18.7 Å². The highest BCUT2D eigenvalue weighted by Gasteiger charge is 2.21. The first-order chi connectivity index (χ1) is 9.22. The number of imidazole rings is 1. The van der Waals surface area contributed by atoms with Crippen LogP contribution >= 0.6 is 0 Å². The van der Waals surface area contributed by atoms with Crippen LogP contribution in [0.3, 0.4) is 0 Å². The third kappa shape index (κ3) is 3.80. The molecule has 106 valence electrons. The molecule has 5 nitrogen and oxygen atoms in total. The van der Waals surface area contributed by atoms with Crippen LogP contribution in [0.4, 0.5) is 0 Å². The normalized spacial score (nSPS) is 17.6. The second-order valence-corrected chi connectivity index (χ2v) is 5.24. The summed E-state index contributed by atoms with van der Waals surface area (Å²) >= 11 is 0. The Labute approximate surface area is 115 Å². The molecule has 0 spiro atoms. The van der Waals surface area contributed by atoms with Crippen molar-refractivity contribution in [3.8, 4) is 0 Å². The molecule has 0 aromatic carbocycles. The molecule has 1 aliphatic rings. The molecular formula is C14H24N4O. The molecule has 1 amide bonds. The van der Waals surface area contributed by atoms with Crippen LogP contribution in [0.15, 0.2) is 12.4 Å². The molecule has 0 unspecified atom stereocenters. The second kappa shape index (κ2) is 6.70. The Kier molecular flexibility index (Phi) is 4.96. The average Bonchev–Trinajstić information content (AvgIpc) is 2.88. The number of nitrogens with one attached hydrogen (secondary N) is 1. The number of piperidine rings is 1. The Morgan fingerprint density at radius 1 is 1.47 bits per heavy atom. The summed E-state index contributed by atoms with van der Waals surface area (Å²) in [5.74, 6) is 1.99. The van der Waals surface area contributed by atoms with E-state index in [9.17, 15) is 4.79 Å². The van der Waals surface area contributed by atoms with Crippen LogP contribution in [0.1, 0.15) is 25.6 Å². The molecule has 5 heteroatoms. The number of rotatable bonds is 5. The molecule has 0 aliphatic carbocycles. The number of carbonyl (C=O) groups is 1. The quantitative estimate of drug-likeness (QED) is 0.860. The number of likely N-dealkylation sites (tertiary alicyclic amines) is 1. The molecule has 0 radical (unpaired) electrons. The van der Waals surface area contributed by atoms with Crippen LogP contribution in [0, 0.1) is 5.92 Å². The standard InChI is InChI=1S/C14H24N4O/c1-3-13-16-6-9-18(13)10-12-4-7-17(8-5-12)11-14(19)15-2/h6,9,12H,3-5,7-8,10-11H2,1-2H3,(H,15,19). The first-order valence-electron chi connectivity index (χ1n) is 7.15. The van der Waals surface area contributed by atoms with Gasteiger partial charge in [0.2, 0.25) is 5.91 Å². The van der Waals surface area contributed by atoms with Gasteiger partial charge in [0.1, 0.15) is 5.82 Å². The second-order valence-electron chi connectivity index (χ2n) is 5.24. The SMILES string of the molecule is CCc1nccn1CC1CCN(CC(=O)NC)CC1. The lowest BCUT2D eigenvalue weighted by Crippen LogP contribution is -2.41. The largest absolute Gasteiger partial charge is 0.358 e. The van der Waals surface area contributed by atoms with Gasteiger partial charge in [-0.25, -0.2) is 4.98 Å². The molecule has 1 N–H and O–H groups in total. The van der Waals surface area contributed by atoms with Crippen LogP contribution in [-0.4, -0.2) is 47.0 Å². The zero-order chi connectivity index (χ0) is 13.7. The molecule has 19 heavy (non-hydrogen) atoms. The number of nitrogens with zero attached hydrogens (tertiary/aromatic N) is 3. The van der Waals surface area contributed by atoms with Crippen molar-refractivity contribution in [2.45, 2.75) is 32.7 Å². The van der Waals surface area contributed by atoms with E-state index in [0.29, 0.717) is 12.5 Å². The van der Waals surface area contributed by atoms with Crippen molar-refractivity contribution < 1.29 is 4.79 Å². The molecule has 0 bridgehead atoms. The minimum absolute atomic E-state index is 0.112. The number of aryl methyl sites for hydroxylation is 1. The molecular weight excluding hydrogens is 240 g/mol. The van der Waals surface area contributed by atoms with Crippen molar-refractivity contribution in [1.82, 2.24) is 19.8 Å². The molecule has 0 atom stereocenters. The number of likely N-dealkylation sites (N-methyl/N-ethyl adjacent to an activating group) is 1. The number of carbonyl (C=O) groups excluding carboxylic acids is 1. The van der Waals surface area contributed by atoms with Gasteiger partial charge >= 0.3 is 0 Å². The van der Waals surface area contributed by atoms with E-state index in [2.05, 4.69) is 32.9 Å². The minimum atomic E-state index is 0.112. The van der Waals surface area contributed by atoms with Crippen LogP contribution in [0.2, 0.25) is 0 Å². The third-order valence-corrected chi connectivity index (χ3v) is 3.93. The number of hydrogen-bond donors (Lipinski definition) is 1. The van der Waals surface area contributed by atoms with Gasteiger partial charge in [0, 0.05) is 32.4 Å². The van der Waals surface area contributed by atoms with E-state index in [1.807, 2.05) is 6.20 Å². The number of amides is 1. The fraction of sp³-hybridized carbons (Fsp3) is 0.714. The van der Waals surface area contributed by atoms with Crippen LogP contribution in [0.25, 0.3) is 0 Å². The van der Waals surface area contributed by atoms with Crippen molar-refractivity contribution in [2.24, 2.45) is 5.92 Å². The smallest absolute Gasteiger partial charge is 0.233 e. The van der Waals surface area contributed by atoms with Gasteiger partial charge in [0.15, 0.2) is 0 Å². The summed E-state index contributed by atoms with van der Waals surface area (Å²) < 4.78 is 2.28. The Hall–Kier alpha value is -1.36. The van der Waals surface area contributed by atoms with Crippen molar-refractivity contribution in [3.05, 3.63) is 18.2 Å².